The van der Waals surface area contributed by atoms with Crippen LogP contribution in [0.3, 0.4) is 0 Å². The van der Waals surface area contributed by atoms with E-state index in [0.717, 1.165) is 114 Å². The smallest absolute Gasteiger partial charge is 0.319 e. The first-order valence-electron chi connectivity index (χ1n) is 18.5. The first kappa shape index (κ1) is 30.9. The third-order valence-corrected chi connectivity index (χ3v) is 12.3. The minimum atomic E-state index is -0.838. The fourth-order valence-corrected chi connectivity index (χ4v) is 9.93. The fraction of sp³-hybridized carbons (Fsp3) is 0.538. The summed E-state index contributed by atoms with van der Waals surface area (Å²) in [5.41, 5.74) is 4.95. The molecule has 5 aromatic rings. The van der Waals surface area contributed by atoms with Crippen LogP contribution in [0.25, 0.3) is 43.8 Å². The maximum atomic E-state index is 14.7. The van der Waals surface area contributed by atoms with E-state index in [0.29, 0.717) is 32.1 Å². The lowest BCUT2D eigenvalue weighted by atomic mass is 9.78. The minimum absolute atomic E-state index is 0.00215. The van der Waals surface area contributed by atoms with Gasteiger partial charge in [0.25, 0.3) is 0 Å². The number of nitrogens with zero attached hydrogens (tertiary/aromatic N) is 7. The number of β-amino-alcohol motifs (C(OH)–C–C–N with tert-alkyl or cyclic N) is 1. The second-order valence-corrected chi connectivity index (χ2v) is 15.8. The summed E-state index contributed by atoms with van der Waals surface area (Å²) in [6.07, 6.45) is 10.1. The molecular formula is C39H44FN7O3. The molecule has 5 aliphatic rings. The van der Waals surface area contributed by atoms with E-state index < -0.39 is 11.8 Å². The van der Waals surface area contributed by atoms with Crippen molar-refractivity contribution in [2.45, 2.75) is 94.7 Å². The summed E-state index contributed by atoms with van der Waals surface area (Å²) in [6, 6.07) is 9.10. The Labute approximate surface area is 290 Å². The summed E-state index contributed by atoms with van der Waals surface area (Å²) in [6.45, 7) is 7.82. The largest absolute Gasteiger partial charge is 0.461 e. The second kappa shape index (κ2) is 11.3. The number of ether oxygens (including phenoxy) is 2. The monoisotopic (exact) mass is 677 g/mol. The molecule has 5 atom stereocenters. The van der Waals surface area contributed by atoms with Gasteiger partial charge in [0.2, 0.25) is 0 Å². The number of hydrogen-bond acceptors (Lipinski definition) is 9. The maximum Gasteiger partial charge on any atom is 0.319 e. The van der Waals surface area contributed by atoms with Crippen molar-refractivity contribution in [1.82, 2.24) is 29.6 Å². The number of hydrogen-bond donors (Lipinski definition) is 1. The maximum absolute atomic E-state index is 14.7. The van der Waals surface area contributed by atoms with Gasteiger partial charge in [-0.2, -0.15) is 15.1 Å². The lowest BCUT2D eigenvalue weighted by Gasteiger charge is -2.38. The van der Waals surface area contributed by atoms with Crippen molar-refractivity contribution in [2.24, 2.45) is 0 Å². The van der Waals surface area contributed by atoms with Gasteiger partial charge in [0.15, 0.2) is 6.23 Å². The lowest BCUT2D eigenvalue weighted by Crippen LogP contribution is -2.46. The van der Waals surface area contributed by atoms with Crippen LogP contribution in [-0.2, 0) is 4.74 Å². The van der Waals surface area contributed by atoms with E-state index in [4.69, 9.17) is 29.5 Å². The topological polar surface area (TPSA) is 102 Å². The lowest BCUT2D eigenvalue weighted by molar-refractivity contribution is -0.0366. The third kappa shape index (κ3) is 4.69. The standard InChI is InChI=1S/C39H44FN7O3/c1-23-26-9-5-8-24-16-29-27(19-42-47(29)30-10-3-4-15-49-30)33(32(24)26)35-31(23)34-28(18-41-35)36(45-13-6-11-38(2,48)21-45)44-37(43-34)50-22-39-12-7-14-46(39)20-25(40)17-39/h5,8-9,16,18-19,23,25,30,48H,3-4,6-7,10-15,17,20-22H2,1-2H3/t23?,25-,30?,38-,39+/m1/s1. The van der Waals surface area contributed by atoms with E-state index in [1.165, 1.54) is 10.9 Å². The first-order valence-corrected chi connectivity index (χ1v) is 18.5. The average molecular weight is 678 g/mol. The predicted octanol–water partition coefficient (Wildman–Crippen LogP) is 6.67. The van der Waals surface area contributed by atoms with Crippen molar-refractivity contribution >= 4 is 38.4 Å². The van der Waals surface area contributed by atoms with Crippen molar-refractivity contribution < 1.29 is 19.0 Å². The van der Waals surface area contributed by atoms with Gasteiger partial charge in [0.1, 0.15) is 18.6 Å². The quantitative estimate of drug-likeness (QED) is 0.219. The van der Waals surface area contributed by atoms with Gasteiger partial charge in [-0.1, -0.05) is 25.1 Å². The third-order valence-electron chi connectivity index (χ3n) is 12.3. The Morgan fingerprint density at radius 1 is 1.08 bits per heavy atom. The zero-order valence-electron chi connectivity index (χ0n) is 28.9. The SMILES string of the molecule is CC1c2c(ncc3c(N4CCC[C@@](C)(O)C4)nc(OC[C@@]45CCCN4C[C@H](F)C5)nc23)-c2c3cnn(C4CCCCO4)c3cc3cccc1c23. The first-order chi connectivity index (χ1) is 24.3. The van der Waals surface area contributed by atoms with Crippen LogP contribution in [0.1, 0.15) is 88.5 Å². The Hall–Kier alpha value is -3.93. The number of aliphatic hydroxyl groups is 1. The Morgan fingerprint density at radius 3 is 2.84 bits per heavy atom. The number of benzene rings is 2. The molecular weight excluding hydrogens is 633 g/mol. The number of halogens is 1. The van der Waals surface area contributed by atoms with Crippen molar-refractivity contribution in [2.75, 3.05) is 44.3 Å². The van der Waals surface area contributed by atoms with Crippen LogP contribution in [0.5, 0.6) is 6.01 Å². The van der Waals surface area contributed by atoms with Crippen LogP contribution < -0.4 is 9.64 Å². The molecule has 0 amide bonds. The molecule has 50 heavy (non-hydrogen) atoms. The summed E-state index contributed by atoms with van der Waals surface area (Å²) < 4.78 is 29.5. The normalized spacial score (nSPS) is 29.6. The molecule has 10 nitrogen and oxygen atoms in total. The molecule has 11 heteroatoms. The van der Waals surface area contributed by atoms with Crippen molar-refractivity contribution in [3.63, 3.8) is 0 Å². The van der Waals surface area contributed by atoms with E-state index >= 15 is 0 Å². The molecule has 3 aromatic heterocycles. The summed E-state index contributed by atoms with van der Waals surface area (Å²) in [5, 5.41) is 20.3. The molecule has 2 aromatic carbocycles. The average Bonchev–Trinajstić information content (AvgIpc) is 3.80. The molecule has 4 aliphatic heterocycles. The number of piperidine rings is 1. The summed E-state index contributed by atoms with van der Waals surface area (Å²) >= 11 is 0. The van der Waals surface area contributed by atoms with Gasteiger partial charge < -0.3 is 19.5 Å². The van der Waals surface area contributed by atoms with Gasteiger partial charge >= 0.3 is 6.01 Å². The Balaban J connectivity index is 1.17. The van der Waals surface area contributed by atoms with Gasteiger partial charge in [-0.3, -0.25) is 9.88 Å². The van der Waals surface area contributed by atoms with Crippen LogP contribution in [-0.4, -0.2) is 91.4 Å². The molecule has 4 saturated heterocycles. The number of rotatable bonds is 5. The second-order valence-electron chi connectivity index (χ2n) is 15.8. The minimum Gasteiger partial charge on any atom is -0.461 e. The number of pyridine rings is 1. The van der Waals surface area contributed by atoms with Crippen molar-refractivity contribution in [1.29, 1.82) is 0 Å². The highest BCUT2D eigenvalue weighted by Gasteiger charge is 2.49. The van der Waals surface area contributed by atoms with Crippen LogP contribution in [0.15, 0.2) is 36.7 Å². The molecule has 260 valence electrons. The van der Waals surface area contributed by atoms with Crippen LogP contribution in [0.4, 0.5) is 10.2 Å². The molecule has 2 unspecified atom stereocenters. The van der Waals surface area contributed by atoms with Crippen LogP contribution in [0.2, 0.25) is 0 Å². The van der Waals surface area contributed by atoms with Crippen LogP contribution in [0, 0.1) is 0 Å². The highest BCUT2D eigenvalue weighted by atomic mass is 19.1. The molecule has 0 bridgehead atoms. The van der Waals surface area contributed by atoms with Crippen LogP contribution >= 0.6 is 0 Å². The Kier molecular flexibility index (Phi) is 6.96. The zero-order valence-corrected chi connectivity index (χ0v) is 28.9. The Morgan fingerprint density at radius 2 is 1.98 bits per heavy atom. The van der Waals surface area contributed by atoms with Gasteiger partial charge in [-0.15, -0.1) is 0 Å². The molecule has 10 rings (SSSR count). The molecule has 0 radical (unpaired) electrons. The van der Waals surface area contributed by atoms with Gasteiger partial charge in [-0.25, -0.2) is 9.07 Å². The molecule has 7 heterocycles. The van der Waals surface area contributed by atoms with Crippen molar-refractivity contribution in [3.8, 4) is 17.3 Å². The number of aromatic nitrogens is 5. The molecule has 1 aliphatic carbocycles. The number of anilines is 1. The molecule has 0 spiro atoms. The highest BCUT2D eigenvalue weighted by Crippen LogP contribution is 2.50. The van der Waals surface area contributed by atoms with Crippen molar-refractivity contribution in [3.05, 3.63) is 47.8 Å². The number of fused-ring (bicyclic) bond motifs is 7. The highest BCUT2D eigenvalue weighted by molar-refractivity contribution is 6.15. The van der Waals surface area contributed by atoms with E-state index in [2.05, 4.69) is 45.7 Å². The van der Waals surface area contributed by atoms with E-state index in [9.17, 15) is 9.50 Å². The Bertz CT molecular complexity index is 2160. The van der Waals surface area contributed by atoms with E-state index in [-0.39, 0.29) is 17.7 Å². The molecule has 4 fully saturated rings. The fourth-order valence-electron chi connectivity index (χ4n) is 9.93. The summed E-state index contributed by atoms with van der Waals surface area (Å²) in [7, 11) is 0. The van der Waals surface area contributed by atoms with Gasteiger partial charge in [-0.05, 0) is 80.8 Å². The van der Waals surface area contributed by atoms with E-state index in [1.807, 2.05) is 19.3 Å². The molecule has 1 N–H and O–H groups in total. The van der Waals surface area contributed by atoms with Gasteiger partial charge in [0.05, 0.1) is 39.5 Å². The number of alkyl halides is 1. The summed E-state index contributed by atoms with van der Waals surface area (Å²) in [5.74, 6) is 0.727. The van der Waals surface area contributed by atoms with Gasteiger partial charge in [0, 0.05) is 61.3 Å². The zero-order chi connectivity index (χ0) is 33.8. The van der Waals surface area contributed by atoms with E-state index in [1.54, 1.807) is 0 Å². The molecule has 0 saturated carbocycles. The predicted molar refractivity (Wildman–Crippen MR) is 191 cm³/mol. The summed E-state index contributed by atoms with van der Waals surface area (Å²) in [4.78, 5) is 19.9.